The van der Waals surface area contributed by atoms with E-state index in [1.54, 1.807) is 18.2 Å². The Morgan fingerprint density at radius 3 is 2.43 bits per heavy atom. The van der Waals surface area contributed by atoms with E-state index >= 15 is 0 Å². The Morgan fingerprint density at radius 2 is 2.00 bits per heavy atom. The van der Waals surface area contributed by atoms with E-state index in [0.717, 1.165) is 0 Å². The molecule has 1 atom stereocenters. The molecule has 0 radical (unpaired) electrons. The lowest BCUT2D eigenvalue weighted by molar-refractivity contribution is -0.228. The monoisotopic (exact) mass is 197 g/mol. The van der Waals surface area contributed by atoms with Crippen LogP contribution in [0.1, 0.15) is 5.56 Å². The Labute approximate surface area is 80.7 Å². The van der Waals surface area contributed by atoms with Crippen LogP contribution in [0, 0.1) is 0 Å². The zero-order valence-corrected chi connectivity index (χ0v) is 7.38. The van der Waals surface area contributed by atoms with Gasteiger partial charge in [-0.2, -0.15) is 0 Å². The van der Waals surface area contributed by atoms with Gasteiger partial charge >= 0.3 is 5.97 Å². The first-order valence-corrected chi connectivity index (χ1v) is 3.96. The zero-order chi connectivity index (χ0) is 10.6. The van der Waals surface area contributed by atoms with Crippen LogP contribution in [-0.4, -0.2) is 22.9 Å². The van der Waals surface area contributed by atoms with Crippen molar-refractivity contribution in [3.8, 4) is 0 Å². The first-order chi connectivity index (χ1) is 6.61. The number of aliphatic hydroxyl groups is 1. The molecular weight excluding hydrogens is 186 g/mol. The minimum Gasteiger partial charge on any atom is -0.477 e. The molecule has 0 aliphatic heterocycles. The Morgan fingerprint density at radius 1 is 1.43 bits per heavy atom. The molecule has 5 nitrogen and oxygen atoms in total. The fourth-order valence-electron chi connectivity index (χ4n) is 1.05. The zero-order valence-electron chi connectivity index (χ0n) is 7.38. The average Bonchev–Trinajstić information content (AvgIpc) is 2.19. The Balaban J connectivity index is 3.06. The number of rotatable bonds is 4. The summed E-state index contributed by atoms with van der Waals surface area (Å²) in [6.45, 7) is -0.377. The standard InChI is InChI=1S/C9H11NO4/c10-6-14-9(13,8(11)12)7-4-2-1-3-5-7/h1-5,13H,6,10H2,(H,11,12). The molecule has 5 heteroatoms. The van der Waals surface area contributed by atoms with Crippen molar-refractivity contribution in [3.63, 3.8) is 0 Å². The number of nitrogens with two attached hydrogens (primary N) is 1. The smallest absolute Gasteiger partial charge is 0.369 e. The fourth-order valence-corrected chi connectivity index (χ4v) is 1.05. The van der Waals surface area contributed by atoms with Crippen molar-refractivity contribution in [2.75, 3.05) is 6.73 Å². The van der Waals surface area contributed by atoms with E-state index in [1.807, 2.05) is 0 Å². The number of hydrogen-bond acceptors (Lipinski definition) is 4. The molecule has 0 fully saturated rings. The highest BCUT2D eigenvalue weighted by Gasteiger charge is 2.39. The molecule has 0 bridgehead atoms. The molecule has 0 saturated carbocycles. The maximum atomic E-state index is 10.8. The molecule has 1 aromatic carbocycles. The van der Waals surface area contributed by atoms with E-state index in [9.17, 15) is 9.90 Å². The first kappa shape index (κ1) is 10.6. The molecule has 0 aliphatic rings. The SMILES string of the molecule is NCOC(O)(C(=O)O)c1ccccc1. The van der Waals surface area contributed by atoms with Gasteiger partial charge in [-0.25, -0.2) is 4.79 Å². The highest BCUT2D eigenvalue weighted by atomic mass is 16.6. The largest absolute Gasteiger partial charge is 0.477 e. The summed E-state index contributed by atoms with van der Waals surface area (Å²) < 4.78 is 4.61. The molecule has 4 N–H and O–H groups in total. The summed E-state index contributed by atoms with van der Waals surface area (Å²) in [6, 6.07) is 7.80. The summed E-state index contributed by atoms with van der Waals surface area (Å²) >= 11 is 0. The van der Waals surface area contributed by atoms with Gasteiger partial charge in [-0.05, 0) is 0 Å². The molecular formula is C9H11NO4. The summed E-state index contributed by atoms with van der Waals surface area (Å²) in [5.74, 6) is -3.86. The highest BCUT2D eigenvalue weighted by Crippen LogP contribution is 2.22. The number of carbonyl (C=O) groups is 1. The van der Waals surface area contributed by atoms with Crippen LogP contribution < -0.4 is 5.73 Å². The quantitative estimate of drug-likeness (QED) is 0.583. The van der Waals surface area contributed by atoms with Gasteiger partial charge in [-0.1, -0.05) is 30.3 Å². The molecule has 76 valence electrons. The lowest BCUT2D eigenvalue weighted by Gasteiger charge is -2.22. The second-order valence-electron chi connectivity index (χ2n) is 2.63. The van der Waals surface area contributed by atoms with Gasteiger partial charge in [0.2, 0.25) is 0 Å². The summed E-state index contributed by atoms with van der Waals surface area (Å²) in [5.41, 5.74) is 5.18. The Kier molecular flexibility index (Phi) is 3.19. The summed E-state index contributed by atoms with van der Waals surface area (Å²) in [7, 11) is 0. The van der Waals surface area contributed by atoms with E-state index in [-0.39, 0.29) is 12.3 Å². The summed E-state index contributed by atoms with van der Waals surface area (Å²) in [4.78, 5) is 10.8. The van der Waals surface area contributed by atoms with Crippen LogP contribution in [0.3, 0.4) is 0 Å². The Bertz CT molecular complexity index is 314. The third-order valence-corrected chi connectivity index (χ3v) is 1.75. The van der Waals surface area contributed by atoms with Gasteiger partial charge in [0.1, 0.15) is 0 Å². The van der Waals surface area contributed by atoms with Crippen molar-refractivity contribution in [3.05, 3.63) is 35.9 Å². The first-order valence-electron chi connectivity index (χ1n) is 3.96. The van der Waals surface area contributed by atoms with E-state index in [2.05, 4.69) is 4.74 Å². The molecule has 1 unspecified atom stereocenters. The van der Waals surface area contributed by atoms with Crippen molar-refractivity contribution < 1.29 is 19.7 Å². The minimum absolute atomic E-state index is 0.137. The summed E-state index contributed by atoms with van der Waals surface area (Å²) in [5, 5.41) is 18.4. The second kappa shape index (κ2) is 4.19. The normalized spacial score (nSPS) is 14.7. The predicted octanol–water partition coefficient (Wildman–Crippen LogP) is -0.151. The molecule has 0 heterocycles. The van der Waals surface area contributed by atoms with Crippen molar-refractivity contribution >= 4 is 5.97 Å². The second-order valence-corrected chi connectivity index (χ2v) is 2.63. The number of carboxylic acids is 1. The summed E-state index contributed by atoms with van der Waals surface area (Å²) in [6.07, 6.45) is 0. The van der Waals surface area contributed by atoms with Gasteiger partial charge < -0.3 is 20.7 Å². The molecule has 1 rings (SSSR count). The van der Waals surface area contributed by atoms with Crippen LogP contribution >= 0.6 is 0 Å². The number of benzene rings is 1. The van der Waals surface area contributed by atoms with E-state index < -0.39 is 11.8 Å². The van der Waals surface area contributed by atoms with Gasteiger partial charge in [0, 0.05) is 5.56 Å². The van der Waals surface area contributed by atoms with Crippen molar-refractivity contribution in [2.45, 2.75) is 5.79 Å². The van der Waals surface area contributed by atoms with Gasteiger partial charge in [0.05, 0.1) is 6.73 Å². The third kappa shape index (κ3) is 1.90. The minimum atomic E-state index is -2.37. The van der Waals surface area contributed by atoms with Crippen LogP contribution in [0.4, 0.5) is 0 Å². The fraction of sp³-hybridized carbons (Fsp3) is 0.222. The topological polar surface area (TPSA) is 92.8 Å². The maximum Gasteiger partial charge on any atom is 0.369 e. The van der Waals surface area contributed by atoms with Crippen LogP contribution in [-0.2, 0) is 15.3 Å². The van der Waals surface area contributed by atoms with Crippen molar-refractivity contribution in [1.82, 2.24) is 0 Å². The van der Waals surface area contributed by atoms with Crippen LogP contribution in [0.25, 0.3) is 0 Å². The molecule has 0 spiro atoms. The average molecular weight is 197 g/mol. The molecule has 0 amide bonds. The highest BCUT2D eigenvalue weighted by molar-refractivity contribution is 5.77. The lowest BCUT2D eigenvalue weighted by atomic mass is 10.1. The Hall–Kier alpha value is -1.43. The molecule has 14 heavy (non-hydrogen) atoms. The third-order valence-electron chi connectivity index (χ3n) is 1.75. The predicted molar refractivity (Wildman–Crippen MR) is 48.1 cm³/mol. The van der Waals surface area contributed by atoms with Gasteiger partial charge in [0.25, 0.3) is 5.79 Å². The van der Waals surface area contributed by atoms with Crippen molar-refractivity contribution in [2.24, 2.45) is 5.73 Å². The molecule has 1 aromatic rings. The number of hydrogen-bond donors (Lipinski definition) is 3. The van der Waals surface area contributed by atoms with Gasteiger partial charge in [-0.3, -0.25) is 0 Å². The molecule has 0 aromatic heterocycles. The van der Waals surface area contributed by atoms with Gasteiger partial charge in [-0.15, -0.1) is 0 Å². The van der Waals surface area contributed by atoms with E-state index in [4.69, 9.17) is 10.8 Å². The van der Waals surface area contributed by atoms with E-state index in [1.165, 1.54) is 12.1 Å². The van der Waals surface area contributed by atoms with Crippen LogP contribution in [0.2, 0.25) is 0 Å². The maximum absolute atomic E-state index is 10.8. The van der Waals surface area contributed by atoms with Crippen LogP contribution in [0.5, 0.6) is 0 Å². The molecule has 0 saturated heterocycles. The lowest BCUT2D eigenvalue weighted by Crippen LogP contribution is -2.40. The number of aliphatic carboxylic acids is 1. The van der Waals surface area contributed by atoms with Gasteiger partial charge in [0.15, 0.2) is 0 Å². The number of carboxylic acid groups (broad SMARTS) is 1. The van der Waals surface area contributed by atoms with E-state index in [0.29, 0.717) is 0 Å². The van der Waals surface area contributed by atoms with Crippen molar-refractivity contribution in [1.29, 1.82) is 0 Å². The number of ether oxygens (including phenoxy) is 1. The van der Waals surface area contributed by atoms with Crippen LogP contribution in [0.15, 0.2) is 30.3 Å². The molecule has 0 aliphatic carbocycles.